The molecule has 1 aromatic heterocycles. The fourth-order valence-electron chi connectivity index (χ4n) is 1.09. The lowest BCUT2D eigenvalue weighted by Crippen LogP contribution is -2.34. The number of amides is 1. The van der Waals surface area contributed by atoms with Gasteiger partial charge in [-0.2, -0.15) is 9.57 Å². The van der Waals surface area contributed by atoms with E-state index in [1.807, 2.05) is 6.07 Å². The van der Waals surface area contributed by atoms with Crippen molar-refractivity contribution in [3.63, 3.8) is 0 Å². The Bertz CT molecular complexity index is 639. The number of pyridine rings is 1. The molecule has 9 heteroatoms. The highest BCUT2D eigenvalue weighted by atomic mass is 79.9. The second-order valence-electron chi connectivity index (χ2n) is 3.71. The first-order valence-corrected chi connectivity index (χ1v) is 7.66. The zero-order chi connectivity index (χ0) is 14.6. The number of halogens is 1. The number of aromatic nitrogens is 1. The topological polar surface area (TPSA) is 103 Å². The van der Waals surface area contributed by atoms with Crippen molar-refractivity contribution in [2.75, 3.05) is 25.2 Å². The van der Waals surface area contributed by atoms with E-state index >= 15 is 0 Å². The molecule has 7 nitrogen and oxygen atoms in total. The van der Waals surface area contributed by atoms with E-state index in [2.05, 4.69) is 26.2 Å². The van der Waals surface area contributed by atoms with Gasteiger partial charge in [0, 0.05) is 7.05 Å². The lowest BCUT2D eigenvalue weighted by molar-refractivity contribution is -0.116. The van der Waals surface area contributed by atoms with E-state index in [0.29, 0.717) is 4.47 Å². The van der Waals surface area contributed by atoms with Crippen molar-refractivity contribution >= 4 is 37.7 Å². The van der Waals surface area contributed by atoms with Crippen LogP contribution in [0.2, 0.25) is 0 Å². The minimum absolute atomic E-state index is 0.134. The van der Waals surface area contributed by atoms with Gasteiger partial charge in [-0.25, -0.2) is 13.4 Å². The summed E-state index contributed by atoms with van der Waals surface area (Å²) in [7, 11) is -2.12. The van der Waals surface area contributed by atoms with Crippen molar-refractivity contribution in [1.82, 2.24) is 9.29 Å². The Balaban J connectivity index is 2.76. The van der Waals surface area contributed by atoms with E-state index in [1.54, 1.807) is 6.07 Å². The third-order valence-electron chi connectivity index (χ3n) is 2.15. The van der Waals surface area contributed by atoms with E-state index in [4.69, 9.17) is 5.26 Å². The summed E-state index contributed by atoms with van der Waals surface area (Å²) < 4.78 is 23.7. The second-order valence-corrected chi connectivity index (χ2v) is 6.65. The van der Waals surface area contributed by atoms with Crippen LogP contribution in [-0.2, 0) is 14.8 Å². The van der Waals surface area contributed by atoms with Gasteiger partial charge in [0.15, 0.2) is 5.69 Å². The molecule has 1 N–H and O–H groups in total. The van der Waals surface area contributed by atoms with Crippen LogP contribution in [0.5, 0.6) is 0 Å². The summed E-state index contributed by atoms with van der Waals surface area (Å²) in [6.45, 7) is -0.321. The Morgan fingerprint density at radius 1 is 1.58 bits per heavy atom. The number of sulfonamides is 1. The summed E-state index contributed by atoms with van der Waals surface area (Å²) >= 11 is 3.14. The summed E-state index contributed by atoms with van der Waals surface area (Å²) in [5.41, 5.74) is 0.134. The van der Waals surface area contributed by atoms with Crippen molar-refractivity contribution < 1.29 is 13.2 Å². The van der Waals surface area contributed by atoms with Crippen LogP contribution in [0.1, 0.15) is 5.69 Å². The first-order chi connectivity index (χ1) is 8.74. The van der Waals surface area contributed by atoms with Crippen LogP contribution in [-0.4, -0.2) is 43.5 Å². The van der Waals surface area contributed by atoms with Crippen molar-refractivity contribution in [3.05, 3.63) is 22.3 Å². The van der Waals surface area contributed by atoms with Crippen LogP contribution >= 0.6 is 15.9 Å². The molecule has 102 valence electrons. The zero-order valence-electron chi connectivity index (χ0n) is 10.2. The van der Waals surface area contributed by atoms with Gasteiger partial charge in [0.2, 0.25) is 15.9 Å². The molecule has 0 radical (unpaired) electrons. The van der Waals surface area contributed by atoms with Crippen molar-refractivity contribution in [2.24, 2.45) is 0 Å². The zero-order valence-corrected chi connectivity index (χ0v) is 12.6. The molecule has 0 saturated carbocycles. The highest BCUT2D eigenvalue weighted by Gasteiger charge is 2.15. The first-order valence-electron chi connectivity index (χ1n) is 5.02. The molecule has 1 rings (SSSR count). The Hall–Kier alpha value is -1.50. The maximum absolute atomic E-state index is 11.6. The monoisotopic (exact) mass is 346 g/mol. The van der Waals surface area contributed by atoms with Gasteiger partial charge in [0.25, 0.3) is 0 Å². The molecule has 0 bridgehead atoms. The average Bonchev–Trinajstić information content (AvgIpc) is 2.30. The van der Waals surface area contributed by atoms with Crippen LogP contribution in [0.15, 0.2) is 16.6 Å². The lowest BCUT2D eigenvalue weighted by atomic mass is 10.3. The predicted molar refractivity (Wildman–Crippen MR) is 72.8 cm³/mol. The smallest absolute Gasteiger partial charge is 0.240 e. The van der Waals surface area contributed by atoms with E-state index in [-0.39, 0.29) is 18.1 Å². The standard InChI is InChI=1S/C10H11BrN4O3S/c1-15(19(2,17)18)6-10(16)14-9-4-3-7(11)8(5-12)13-9/h3-4H,6H2,1-2H3,(H,13,14,16). The van der Waals surface area contributed by atoms with Gasteiger partial charge in [-0.15, -0.1) is 0 Å². The quantitative estimate of drug-likeness (QED) is 0.857. The third-order valence-corrected chi connectivity index (χ3v) is 4.05. The van der Waals surface area contributed by atoms with Crippen molar-refractivity contribution in [1.29, 1.82) is 5.26 Å². The molecule has 0 aliphatic heterocycles. The molecule has 0 fully saturated rings. The molecule has 1 amide bonds. The maximum Gasteiger partial charge on any atom is 0.240 e. The lowest BCUT2D eigenvalue weighted by Gasteiger charge is -2.13. The highest BCUT2D eigenvalue weighted by molar-refractivity contribution is 9.10. The Kier molecular flexibility index (Phi) is 4.99. The van der Waals surface area contributed by atoms with Crippen molar-refractivity contribution in [2.45, 2.75) is 0 Å². The van der Waals surface area contributed by atoms with E-state index < -0.39 is 15.9 Å². The number of likely N-dealkylation sites (N-methyl/N-ethyl adjacent to an activating group) is 1. The minimum atomic E-state index is -3.42. The van der Waals surface area contributed by atoms with E-state index in [1.165, 1.54) is 13.1 Å². The molecule has 0 atom stereocenters. The molecule has 0 aliphatic carbocycles. The average molecular weight is 347 g/mol. The largest absolute Gasteiger partial charge is 0.310 e. The van der Waals surface area contributed by atoms with E-state index in [9.17, 15) is 13.2 Å². The molecule has 0 saturated heterocycles. The van der Waals surface area contributed by atoms with Crippen molar-refractivity contribution in [3.8, 4) is 6.07 Å². The number of hydrogen-bond donors (Lipinski definition) is 1. The van der Waals surface area contributed by atoms with Crippen LogP contribution in [0.4, 0.5) is 5.82 Å². The number of nitrogens with one attached hydrogen (secondary N) is 1. The summed E-state index contributed by atoms with van der Waals surface area (Å²) in [5.74, 6) is -0.349. The first kappa shape index (κ1) is 15.6. The number of nitrogens with zero attached hydrogens (tertiary/aromatic N) is 3. The number of carbonyl (C=O) groups excluding carboxylic acids is 1. The van der Waals surface area contributed by atoms with Crippen LogP contribution in [0, 0.1) is 11.3 Å². The van der Waals surface area contributed by atoms with Gasteiger partial charge in [0.05, 0.1) is 17.3 Å². The SMILES string of the molecule is CN(CC(=O)Nc1ccc(Br)c(C#N)n1)S(C)(=O)=O. The number of nitriles is 1. The van der Waals surface area contributed by atoms with Gasteiger partial charge in [-0.1, -0.05) is 0 Å². The van der Waals surface area contributed by atoms with Crippen LogP contribution in [0.3, 0.4) is 0 Å². The fourth-order valence-corrected chi connectivity index (χ4v) is 1.75. The number of rotatable bonds is 4. The Labute approximate surface area is 119 Å². The van der Waals surface area contributed by atoms with Crippen LogP contribution in [0.25, 0.3) is 0 Å². The molecule has 19 heavy (non-hydrogen) atoms. The number of carbonyl (C=O) groups is 1. The van der Waals surface area contributed by atoms with E-state index in [0.717, 1.165) is 10.6 Å². The summed E-state index contributed by atoms with van der Waals surface area (Å²) in [4.78, 5) is 15.5. The summed E-state index contributed by atoms with van der Waals surface area (Å²) in [6, 6.07) is 4.93. The molecule has 1 aromatic rings. The molecular formula is C10H11BrN4O3S. The highest BCUT2D eigenvalue weighted by Crippen LogP contribution is 2.16. The van der Waals surface area contributed by atoms with Gasteiger partial charge in [0.1, 0.15) is 11.9 Å². The molecule has 0 aliphatic rings. The van der Waals surface area contributed by atoms with Crippen LogP contribution < -0.4 is 5.32 Å². The van der Waals surface area contributed by atoms with Gasteiger partial charge >= 0.3 is 0 Å². The number of hydrogen-bond acceptors (Lipinski definition) is 5. The number of anilines is 1. The van der Waals surface area contributed by atoms with Gasteiger partial charge in [-0.05, 0) is 28.1 Å². The molecular weight excluding hydrogens is 336 g/mol. The molecule has 0 spiro atoms. The molecule has 1 heterocycles. The van der Waals surface area contributed by atoms with Gasteiger partial charge in [-0.3, -0.25) is 4.79 Å². The predicted octanol–water partition coefficient (Wildman–Crippen LogP) is 0.546. The minimum Gasteiger partial charge on any atom is -0.310 e. The second kappa shape index (κ2) is 6.10. The molecule has 0 aromatic carbocycles. The summed E-state index contributed by atoms with van der Waals surface area (Å²) in [5, 5.41) is 11.2. The Morgan fingerprint density at radius 3 is 2.74 bits per heavy atom. The normalized spacial score (nSPS) is 11.1. The maximum atomic E-state index is 11.6. The molecule has 0 unspecified atom stereocenters. The van der Waals surface area contributed by atoms with Gasteiger partial charge < -0.3 is 5.32 Å². The Morgan fingerprint density at radius 2 is 2.21 bits per heavy atom. The fraction of sp³-hybridized carbons (Fsp3) is 0.300. The third kappa shape index (κ3) is 4.59. The summed E-state index contributed by atoms with van der Waals surface area (Å²) in [6.07, 6.45) is 1.01.